The second kappa shape index (κ2) is 10.6. The number of methoxy groups -OCH3 is 2. The van der Waals surface area contributed by atoms with Crippen LogP contribution in [0.5, 0.6) is 0 Å². The molecule has 2 aromatic rings. The van der Waals surface area contributed by atoms with Crippen LogP contribution < -0.4 is 9.80 Å². The predicted molar refractivity (Wildman–Crippen MR) is 97.9 cm³/mol. The quantitative estimate of drug-likeness (QED) is 0.547. The molecule has 2 N–H and O–H groups in total. The Bertz CT molecular complexity index is 613. The van der Waals surface area contributed by atoms with Gasteiger partial charge in [0, 0.05) is 32.9 Å². The van der Waals surface area contributed by atoms with Gasteiger partial charge in [-0.25, -0.2) is 0 Å². The Hall–Kier alpha value is -2.33. The summed E-state index contributed by atoms with van der Waals surface area (Å²) in [6.07, 6.45) is 0. The molecular weight excluding hydrogens is 338 g/mol. The number of rotatable bonds is 11. The summed E-state index contributed by atoms with van der Waals surface area (Å²) in [7, 11) is 3.15. The smallest absolute Gasteiger partial charge is 0.234 e. The first-order valence-electron chi connectivity index (χ1n) is 8.24. The van der Waals surface area contributed by atoms with Crippen molar-refractivity contribution in [2.75, 3.05) is 63.8 Å². The molecule has 1 aromatic heterocycles. The van der Waals surface area contributed by atoms with Gasteiger partial charge >= 0.3 is 0 Å². The molecular formula is C17H25N5O4. The first kappa shape index (κ1) is 20.0. The Kier molecular flexibility index (Phi) is 8.16. The zero-order chi connectivity index (χ0) is 18.8. The van der Waals surface area contributed by atoms with Crippen molar-refractivity contribution < 1.29 is 19.7 Å². The zero-order valence-electron chi connectivity index (χ0n) is 15.1. The Balaban J connectivity index is 2.50. The third kappa shape index (κ3) is 5.33. The van der Waals surface area contributed by atoms with Gasteiger partial charge in [0.15, 0.2) is 5.82 Å². The highest BCUT2D eigenvalue weighted by atomic mass is 16.5. The number of anilines is 2. The third-order valence-corrected chi connectivity index (χ3v) is 3.52. The lowest BCUT2D eigenvalue weighted by molar-refractivity contribution is 0.139. The SMILES string of the molecule is COCN(COC)c1nc(-c2ccccc2)nc(N(CCO)CCO)n1. The third-order valence-electron chi connectivity index (χ3n) is 3.52. The van der Waals surface area contributed by atoms with Crippen molar-refractivity contribution in [3.8, 4) is 11.4 Å². The van der Waals surface area contributed by atoms with Crippen LogP contribution in [0.4, 0.5) is 11.9 Å². The normalized spacial score (nSPS) is 10.8. The van der Waals surface area contributed by atoms with Crippen LogP contribution in [0.15, 0.2) is 30.3 Å². The van der Waals surface area contributed by atoms with Gasteiger partial charge in [0.25, 0.3) is 0 Å². The highest BCUT2D eigenvalue weighted by Gasteiger charge is 2.18. The summed E-state index contributed by atoms with van der Waals surface area (Å²) >= 11 is 0. The van der Waals surface area contributed by atoms with Crippen LogP contribution in [0.3, 0.4) is 0 Å². The number of hydrogen-bond donors (Lipinski definition) is 2. The fourth-order valence-electron chi connectivity index (χ4n) is 2.37. The number of aromatic nitrogens is 3. The standard InChI is InChI=1S/C17H25N5O4/c1-25-12-22(13-26-2)17-19-15(14-6-4-3-5-7-14)18-16(20-17)21(8-10-23)9-11-24/h3-7,23-24H,8-13H2,1-2H3. The van der Waals surface area contributed by atoms with E-state index in [2.05, 4.69) is 15.0 Å². The minimum atomic E-state index is -0.0818. The molecule has 9 nitrogen and oxygen atoms in total. The Morgan fingerprint density at radius 3 is 1.85 bits per heavy atom. The van der Waals surface area contributed by atoms with Crippen molar-refractivity contribution in [2.45, 2.75) is 0 Å². The van der Waals surface area contributed by atoms with Crippen molar-refractivity contribution >= 4 is 11.9 Å². The van der Waals surface area contributed by atoms with Crippen LogP contribution in [0.25, 0.3) is 11.4 Å². The van der Waals surface area contributed by atoms with Crippen molar-refractivity contribution in [1.29, 1.82) is 0 Å². The zero-order valence-corrected chi connectivity index (χ0v) is 15.1. The maximum Gasteiger partial charge on any atom is 0.234 e. The van der Waals surface area contributed by atoms with Crippen molar-refractivity contribution in [3.05, 3.63) is 30.3 Å². The molecule has 2 rings (SSSR count). The van der Waals surface area contributed by atoms with Gasteiger partial charge < -0.3 is 24.6 Å². The molecule has 0 amide bonds. The number of benzene rings is 1. The van der Waals surface area contributed by atoms with E-state index in [0.29, 0.717) is 30.8 Å². The molecule has 0 bridgehead atoms. The first-order valence-corrected chi connectivity index (χ1v) is 8.24. The molecule has 0 aliphatic carbocycles. The number of hydrogen-bond acceptors (Lipinski definition) is 9. The van der Waals surface area contributed by atoms with Crippen LogP contribution in [0.2, 0.25) is 0 Å². The van der Waals surface area contributed by atoms with Gasteiger partial charge in [0.2, 0.25) is 11.9 Å². The van der Waals surface area contributed by atoms with E-state index in [1.807, 2.05) is 30.3 Å². The molecule has 0 unspecified atom stereocenters. The number of ether oxygens (including phenoxy) is 2. The average Bonchev–Trinajstić information content (AvgIpc) is 2.68. The topological polar surface area (TPSA) is 104 Å². The van der Waals surface area contributed by atoms with E-state index in [4.69, 9.17) is 9.47 Å². The predicted octanol–water partition coefficient (Wildman–Crippen LogP) is 0.344. The summed E-state index contributed by atoms with van der Waals surface area (Å²) in [6.45, 7) is 0.916. The van der Waals surface area contributed by atoms with E-state index >= 15 is 0 Å². The Morgan fingerprint density at radius 1 is 0.808 bits per heavy atom. The monoisotopic (exact) mass is 363 g/mol. The van der Waals surface area contributed by atoms with Crippen LogP contribution in [-0.4, -0.2) is 79.1 Å². The Labute approximate surface area is 152 Å². The van der Waals surface area contributed by atoms with Gasteiger partial charge in [-0.05, 0) is 0 Å². The van der Waals surface area contributed by atoms with E-state index in [1.54, 1.807) is 24.0 Å². The van der Waals surface area contributed by atoms with E-state index < -0.39 is 0 Å². The molecule has 1 aromatic carbocycles. The van der Waals surface area contributed by atoms with Gasteiger partial charge in [0.1, 0.15) is 13.5 Å². The van der Waals surface area contributed by atoms with Crippen LogP contribution in [0.1, 0.15) is 0 Å². The summed E-state index contributed by atoms with van der Waals surface area (Å²) in [5.74, 6) is 1.25. The number of aliphatic hydroxyl groups is 2. The second-order valence-corrected chi connectivity index (χ2v) is 5.43. The van der Waals surface area contributed by atoms with Gasteiger partial charge in [-0.3, -0.25) is 4.90 Å². The van der Waals surface area contributed by atoms with E-state index in [9.17, 15) is 10.2 Å². The molecule has 9 heteroatoms. The maximum absolute atomic E-state index is 9.31. The molecule has 0 aliphatic heterocycles. The molecule has 0 saturated carbocycles. The van der Waals surface area contributed by atoms with Gasteiger partial charge in [-0.2, -0.15) is 15.0 Å². The number of aliphatic hydroxyl groups excluding tert-OH is 2. The Morgan fingerprint density at radius 2 is 1.35 bits per heavy atom. The van der Waals surface area contributed by atoms with Crippen molar-refractivity contribution in [2.24, 2.45) is 0 Å². The summed E-state index contributed by atoms with van der Waals surface area (Å²) < 4.78 is 10.4. The lowest BCUT2D eigenvalue weighted by atomic mass is 10.2. The van der Waals surface area contributed by atoms with Crippen molar-refractivity contribution in [3.63, 3.8) is 0 Å². The molecule has 0 radical (unpaired) electrons. The molecule has 0 fully saturated rings. The average molecular weight is 363 g/mol. The highest BCUT2D eigenvalue weighted by molar-refractivity contribution is 5.58. The maximum atomic E-state index is 9.31. The lowest BCUT2D eigenvalue weighted by Crippen LogP contribution is -2.34. The summed E-state index contributed by atoms with van der Waals surface area (Å²) in [6, 6.07) is 9.53. The van der Waals surface area contributed by atoms with E-state index in [0.717, 1.165) is 5.56 Å². The van der Waals surface area contributed by atoms with Gasteiger partial charge in [-0.1, -0.05) is 30.3 Å². The molecule has 0 atom stereocenters. The largest absolute Gasteiger partial charge is 0.395 e. The molecule has 0 saturated heterocycles. The fourth-order valence-corrected chi connectivity index (χ4v) is 2.37. The van der Waals surface area contributed by atoms with Crippen LogP contribution in [-0.2, 0) is 9.47 Å². The van der Waals surface area contributed by atoms with Gasteiger partial charge in [0.05, 0.1) is 13.2 Å². The summed E-state index contributed by atoms with van der Waals surface area (Å²) in [4.78, 5) is 17.0. The molecule has 0 spiro atoms. The van der Waals surface area contributed by atoms with E-state index in [-0.39, 0.29) is 26.7 Å². The van der Waals surface area contributed by atoms with Crippen LogP contribution >= 0.6 is 0 Å². The lowest BCUT2D eigenvalue weighted by Gasteiger charge is -2.25. The minimum absolute atomic E-state index is 0.0818. The summed E-state index contributed by atoms with van der Waals surface area (Å²) in [5, 5.41) is 18.6. The van der Waals surface area contributed by atoms with Crippen molar-refractivity contribution in [1.82, 2.24) is 15.0 Å². The summed E-state index contributed by atoms with van der Waals surface area (Å²) in [5.41, 5.74) is 0.833. The second-order valence-electron chi connectivity index (χ2n) is 5.43. The van der Waals surface area contributed by atoms with E-state index in [1.165, 1.54) is 0 Å². The molecule has 26 heavy (non-hydrogen) atoms. The molecule has 142 valence electrons. The first-order chi connectivity index (χ1) is 12.7. The minimum Gasteiger partial charge on any atom is -0.395 e. The van der Waals surface area contributed by atoms with Gasteiger partial charge in [-0.15, -0.1) is 0 Å². The molecule has 1 heterocycles. The molecule has 0 aliphatic rings. The van der Waals surface area contributed by atoms with Crippen LogP contribution in [0, 0.1) is 0 Å². The number of nitrogens with zero attached hydrogens (tertiary/aromatic N) is 5. The fraction of sp³-hybridized carbons (Fsp3) is 0.471. The highest BCUT2D eigenvalue weighted by Crippen LogP contribution is 2.21.